The van der Waals surface area contributed by atoms with Crippen molar-refractivity contribution in [3.63, 3.8) is 0 Å². The van der Waals surface area contributed by atoms with E-state index in [1.165, 1.54) is 0 Å². The van der Waals surface area contributed by atoms with Gasteiger partial charge in [-0.3, -0.25) is 4.79 Å². The van der Waals surface area contributed by atoms with Crippen LogP contribution in [0.4, 0.5) is 11.5 Å². The molecule has 1 amide bonds. The molecule has 3 aromatic rings. The van der Waals surface area contributed by atoms with Crippen molar-refractivity contribution < 1.29 is 13.2 Å². The number of pyridine rings is 1. The van der Waals surface area contributed by atoms with Crippen molar-refractivity contribution in [2.75, 3.05) is 12.4 Å². The molecule has 1 unspecified atom stereocenters. The number of hydrogen-bond acceptors (Lipinski definition) is 5. The molecule has 1 heterocycles. The standard InChI is InChI=1S/C26H30N4O3S/c1-5-17-8-11-19(12-9-17)34(32,33)30-23-16-26(2,3)22-13-10-18(15-21(22)23)29-24-20(25(31)27-4)7-6-14-28-24/h6-15,23,30H,5,16H2,1-4H3,(H,27,31)(H,28,29). The number of amides is 1. The van der Waals surface area contributed by atoms with Gasteiger partial charge in [-0.2, -0.15) is 0 Å². The van der Waals surface area contributed by atoms with Gasteiger partial charge in [-0.05, 0) is 71.3 Å². The van der Waals surface area contributed by atoms with Crippen LogP contribution in [0.1, 0.15) is 60.3 Å². The van der Waals surface area contributed by atoms with Gasteiger partial charge in [-0.1, -0.05) is 39.0 Å². The summed E-state index contributed by atoms with van der Waals surface area (Å²) in [7, 11) is -2.12. The number of fused-ring (bicyclic) bond motifs is 1. The molecular formula is C26H30N4O3S. The highest BCUT2D eigenvalue weighted by atomic mass is 32.2. The van der Waals surface area contributed by atoms with Crippen molar-refractivity contribution in [1.82, 2.24) is 15.0 Å². The van der Waals surface area contributed by atoms with Crippen molar-refractivity contribution in [2.24, 2.45) is 0 Å². The first-order chi connectivity index (χ1) is 16.1. The molecule has 7 nitrogen and oxygen atoms in total. The summed E-state index contributed by atoms with van der Waals surface area (Å²) in [4.78, 5) is 16.8. The van der Waals surface area contributed by atoms with E-state index in [9.17, 15) is 13.2 Å². The van der Waals surface area contributed by atoms with Crippen LogP contribution in [0.25, 0.3) is 0 Å². The van der Waals surface area contributed by atoms with E-state index in [2.05, 4.69) is 34.2 Å². The third kappa shape index (κ3) is 4.69. The average Bonchev–Trinajstić information content (AvgIpc) is 3.07. The zero-order valence-corrected chi connectivity index (χ0v) is 20.7. The number of carbonyl (C=O) groups is 1. The quantitative estimate of drug-likeness (QED) is 0.466. The van der Waals surface area contributed by atoms with Gasteiger partial charge in [0.2, 0.25) is 10.0 Å². The SMILES string of the molecule is CCc1ccc(S(=O)(=O)NC2CC(C)(C)c3ccc(Nc4ncccc4C(=O)NC)cc32)cc1. The first-order valence-corrected chi connectivity index (χ1v) is 12.8. The number of nitrogens with zero attached hydrogens (tertiary/aromatic N) is 1. The summed E-state index contributed by atoms with van der Waals surface area (Å²) >= 11 is 0. The van der Waals surface area contributed by atoms with E-state index in [4.69, 9.17) is 0 Å². The third-order valence-corrected chi connectivity index (χ3v) is 7.84. The maximum atomic E-state index is 13.2. The van der Waals surface area contributed by atoms with Gasteiger partial charge in [0.15, 0.2) is 0 Å². The molecular weight excluding hydrogens is 448 g/mol. The summed E-state index contributed by atoms with van der Waals surface area (Å²) in [6, 6.07) is 15.9. The highest BCUT2D eigenvalue weighted by Gasteiger charge is 2.39. The normalized spacial score (nSPS) is 16.6. The lowest BCUT2D eigenvalue weighted by Gasteiger charge is -2.19. The predicted octanol–water partition coefficient (Wildman–Crippen LogP) is 4.45. The van der Waals surface area contributed by atoms with Crippen molar-refractivity contribution in [1.29, 1.82) is 0 Å². The second kappa shape index (κ2) is 9.19. The summed E-state index contributed by atoms with van der Waals surface area (Å²) in [5.74, 6) is 0.199. The minimum absolute atomic E-state index is 0.189. The Kier molecular flexibility index (Phi) is 6.47. The molecule has 0 bridgehead atoms. The molecule has 1 aromatic heterocycles. The Labute approximate surface area is 201 Å². The number of aryl methyl sites for hydroxylation is 1. The van der Waals surface area contributed by atoms with Crippen LogP contribution in [0, 0.1) is 0 Å². The van der Waals surface area contributed by atoms with Crippen LogP contribution in [0.15, 0.2) is 65.7 Å². The van der Waals surface area contributed by atoms with Gasteiger partial charge in [0.25, 0.3) is 5.91 Å². The Bertz CT molecular complexity index is 1320. The molecule has 8 heteroatoms. The van der Waals surface area contributed by atoms with E-state index < -0.39 is 10.0 Å². The predicted molar refractivity (Wildman–Crippen MR) is 134 cm³/mol. The largest absolute Gasteiger partial charge is 0.355 e. The minimum atomic E-state index is -3.69. The average molecular weight is 479 g/mol. The molecule has 0 spiro atoms. The maximum absolute atomic E-state index is 13.2. The number of benzene rings is 2. The molecule has 3 N–H and O–H groups in total. The number of hydrogen-bond donors (Lipinski definition) is 3. The fraction of sp³-hybridized carbons (Fsp3) is 0.308. The van der Waals surface area contributed by atoms with Gasteiger partial charge in [0.05, 0.1) is 10.5 Å². The highest BCUT2D eigenvalue weighted by molar-refractivity contribution is 7.89. The van der Waals surface area contributed by atoms with E-state index in [1.807, 2.05) is 37.3 Å². The van der Waals surface area contributed by atoms with E-state index in [-0.39, 0.29) is 22.3 Å². The number of nitrogens with one attached hydrogen (secondary N) is 3. The Morgan fingerprint density at radius 1 is 1.12 bits per heavy atom. The first-order valence-electron chi connectivity index (χ1n) is 11.3. The molecule has 0 saturated heterocycles. The van der Waals surface area contributed by atoms with Crippen LogP contribution >= 0.6 is 0 Å². The monoisotopic (exact) mass is 478 g/mol. The fourth-order valence-electron chi connectivity index (χ4n) is 4.50. The second-order valence-electron chi connectivity index (χ2n) is 9.17. The fourth-order valence-corrected chi connectivity index (χ4v) is 5.71. The molecule has 1 atom stereocenters. The molecule has 2 aromatic carbocycles. The minimum Gasteiger partial charge on any atom is -0.355 e. The van der Waals surface area contributed by atoms with E-state index >= 15 is 0 Å². The molecule has 1 aliphatic carbocycles. The van der Waals surface area contributed by atoms with Crippen LogP contribution in [0.5, 0.6) is 0 Å². The summed E-state index contributed by atoms with van der Waals surface area (Å²) in [5, 5.41) is 5.84. The Morgan fingerprint density at radius 2 is 1.85 bits per heavy atom. The topological polar surface area (TPSA) is 100 Å². The smallest absolute Gasteiger partial charge is 0.254 e. The lowest BCUT2D eigenvalue weighted by Crippen LogP contribution is -2.28. The number of sulfonamides is 1. The van der Waals surface area contributed by atoms with Gasteiger partial charge in [-0.15, -0.1) is 0 Å². The number of rotatable bonds is 7. The molecule has 1 aliphatic rings. The Morgan fingerprint density at radius 3 is 2.53 bits per heavy atom. The van der Waals surface area contributed by atoms with Crippen molar-refractivity contribution in [3.8, 4) is 0 Å². The van der Waals surface area contributed by atoms with Gasteiger partial charge in [0, 0.05) is 25.0 Å². The molecule has 4 rings (SSSR count). The van der Waals surface area contributed by atoms with Gasteiger partial charge in [0.1, 0.15) is 5.82 Å². The summed E-state index contributed by atoms with van der Waals surface area (Å²) in [6.07, 6.45) is 3.11. The van der Waals surface area contributed by atoms with Gasteiger partial charge in [-0.25, -0.2) is 18.1 Å². The first kappa shape index (κ1) is 23.9. The molecule has 178 valence electrons. The van der Waals surface area contributed by atoms with Crippen molar-refractivity contribution >= 4 is 27.4 Å². The zero-order valence-electron chi connectivity index (χ0n) is 19.8. The van der Waals surface area contributed by atoms with E-state index in [0.717, 1.165) is 28.8 Å². The highest BCUT2D eigenvalue weighted by Crippen LogP contribution is 2.46. The summed E-state index contributed by atoms with van der Waals surface area (Å²) < 4.78 is 29.2. The van der Waals surface area contributed by atoms with Crippen LogP contribution in [0.3, 0.4) is 0 Å². The summed E-state index contributed by atoms with van der Waals surface area (Å²) in [6.45, 7) is 6.27. The maximum Gasteiger partial charge on any atom is 0.254 e. The van der Waals surface area contributed by atoms with E-state index in [0.29, 0.717) is 17.8 Å². The van der Waals surface area contributed by atoms with Gasteiger partial charge >= 0.3 is 0 Å². The number of aromatic nitrogens is 1. The number of anilines is 2. The third-order valence-electron chi connectivity index (χ3n) is 6.35. The Hall–Kier alpha value is -3.23. The van der Waals surface area contributed by atoms with Crippen LogP contribution in [-0.4, -0.2) is 26.4 Å². The molecule has 0 aliphatic heterocycles. The van der Waals surface area contributed by atoms with Crippen LogP contribution in [0.2, 0.25) is 0 Å². The molecule has 0 fully saturated rings. The molecule has 34 heavy (non-hydrogen) atoms. The van der Waals surface area contributed by atoms with Crippen molar-refractivity contribution in [2.45, 2.75) is 50.0 Å². The van der Waals surface area contributed by atoms with Crippen LogP contribution < -0.4 is 15.4 Å². The lowest BCUT2D eigenvalue weighted by atomic mass is 9.86. The van der Waals surface area contributed by atoms with Gasteiger partial charge < -0.3 is 10.6 Å². The number of carbonyl (C=O) groups excluding carboxylic acids is 1. The molecule has 0 saturated carbocycles. The Balaban J connectivity index is 1.65. The van der Waals surface area contributed by atoms with Crippen molar-refractivity contribution in [3.05, 3.63) is 83.0 Å². The second-order valence-corrected chi connectivity index (χ2v) is 10.9. The van der Waals surface area contributed by atoms with Crippen LogP contribution in [-0.2, 0) is 21.9 Å². The van der Waals surface area contributed by atoms with E-state index in [1.54, 1.807) is 37.5 Å². The lowest BCUT2D eigenvalue weighted by molar-refractivity contribution is 0.0963. The summed E-state index contributed by atoms with van der Waals surface area (Å²) in [5.41, 5.74) is 4.08. The zero-order chi connectivity index (χ0) is 24.5. The molecule has 0 radical (unpaired) electrons.